The number of esters is 1. The van der Waals surface area contributed by atoms with Crippen LogP contribution in [-0.2, 0) is 4.74 Å². The highest BCUT2D eigenvalue weighted by Gasteiger charge is 2.21. The molecule has 2 aromatic carbocycles. The van der Waals surface area contributed by atoms with E-state index in [1.165, 1.54) is 6.07 Å². The van der Waals surface area contributed by atoms with Gasteiger partial charge in [0, 0.05) is 6.07 Å². The molecule has 0 atom stereocenters. The molecule has 25 heavy (non-hydrogen) atoms. The molecule has 0 aliphatic carbocycles. The summed E-state index contributed by atoms with van der Waals surface area (Å²) in [7, 11) is 0. The van der Waals surface area contributed by atoms with Crippen molar-refractivity contribution >= 4 is 29.2 Å². The summed E-state index contributed by atoms with van der Waals surface area (Å²) >= 11 is 6.19. The minimum atomic E-state index is -0.508. The first-order chi connectivity index (χ1) is 12.1. The van der Waals surface area contributed by atoms with Gasteiger partial charge in [-0.25, -0.2) is 4.79 Å². The van der Waals surface area contributed by atoms with E-state index in [0.717, 1.165) is 0 Å². The van der Waals surface area contributed by atoms with Crippen LogP contribution >= 0.6 is 11.6 Å². The number of fused-ring (bicyclic) bond motifs is 1. The Labute approximate surface area is 149 Å². The molecular formula is C18H16ClNO5. The number of rotatable bonds is 4. The van der Waals surface area contributed by atoms with Crippen LogP contribution < -0.4 is 14.8 Å². The number of para-hydroxylation sites is 1. The van der Waals surface area contributed by atoms with Crippen LogP contribution in [0.2, 0.25) is 5.02 Å². The fourth-order valence-corrected chi connectivity index (χ4v) is 2.65. The van der Waals surface area contributed by atoms with Crippen LogP contribution in [0.3, 0.4) is 0 Å². The molecule has 0 radical (unpaired) electrons. The number of carbonyl (C=O) groups excluding carboxylic acids is 2. The molecule has 0 fully saturated rings. The van der Waals surface area contributed by atoms with Crippen LogP contribution in [0.25, 0.3) is 0 Å². The summed E-state index contributed by atoms with van der Waals surface area (Å²) in [5, 5.41) is 2.93. The SMILES string of the molecule is CCOC(=O)c1ccccc1NC(=O)c1cc2c(cc1Cl)OCCO2. The highest BCUT2D eigenvalue weighted by molar-refractivity contribution is 6.34. The van der Waals surface area contributed by atoms with Crippen molar-refractivity contribution in [1.29, 1.82) is 0 Å². The van der Waals surface area contributed by atoms with Crippen LogP contribution in [0.1, 0.15) is 27.6 Å². The predicted octanol–water partition coefficient (Wildman–Crippen LogP) is 3.54. The van der Waals surface area contributed by atoms with Gasteiger partial charge in [-0.2, -0.15) is 0 Å². The third-order valence-corrected chi connectivity index (χ3v) is 3.86. The van der Waals surface area contributed by atoms with Gasteiger partial charge in [0.05, 0.1) is 28.4 Å². The zero-order valence-corrected chi connectivity index (χ0v) is 14.3. The first-order valence-electron chi connectivity index (χ1n) is 7.76. The Morgan fingerprint density at radius 2 is 1.80 bits per heavy atom. The second kappa shape index (κ2) is 7.44. The van der Waals surface area contributed by atoms with Gasteiger partial charge in [-0.15, -0.1) is 0 Å². The van der Waals surface area contributed by atoms with E-state index in [1.54, 1.807) is 37.3 Å². The summed E-state index contributed by atoms with van der Waals surface area (Å²) in [6.07, 6.45) is 0. The molecule has 130 valence electrons. The van der Waals surface area contributed by atoms with Crippen molar-refractivity contribution in [1.82, 2.24) is 0 Å². The Morgan fingerprint density at radius 3 is 2.52 bits per heavy atom. The van der Waals surface area contributed by atoms with Crippen molar-refractivity contribution in [2.75, 3.05) is 25.1 Å². The standard InChI is InChI=1S/C18H16ClNO5/c1-2-23-18(22)11-5-3-4-6-14(11)20-17(21)12-9-15-16(10-13(12)19)25-8-7-24-15/h3-6,9-10H,2,7-8H2,1H3,(H,20,21). The van der Waals surface area contributed by atoms with E-state index in [1.807, 2.05) is 0 Å². The molecule has 0 unspecified atom stereocenters. The monoisotopic (exact) mass is 361 g/mol. The third-order valence-electron chi connectivity index (χ3n) is 3.55. The number of anilines is 1. The lowest BCUT2D eigenvalue weighted by atomic mass is 10.1. The van der Waals surface area contributed by atoms with E-state index in [9.17, 15) is 9.59 Å². The molecule has 2 aromatic rings. The highest BCUT2D eigenvalue weighted by Crippen LogP contribution is 2.35. The van der Waals surface area contributed by atoms with Crippen molar-refractivity contribution in [2.24, 2.45) is 0 Å². The van der Waals surface area contributed by atoms with Crippen LogP contribution in [-0.4, -0.2) is 31.7 Å². The van der Waals surface area contributed by atoms with Gasteiger partial charge in [0.25, 0.3) is 5.91 Å². The smallest absolute Gasteiger partial charge is 0.340 e. The number of hydrogen-bond acceptors (Lipinski definition) is 5. The average molecular weight is 362 g/mol. The third kappa shape index (κ3) is 3.69. The minimum absolute atomic E-state index is 0.226. The van der Waals surface area contributed by atoms with Gasteiger partial charge in [-0.1, -0.05) is 23.7 Å². The molecule has 0 aromatic heterocycles. The molecule has 0 saturated carbocycles. The van der Waals surface area contributed by atoms with Gasteiger partial charge >= 0.3 is 5.97 Å². The van der Waals surface area contributed by atoms with Crippen LogP contribution in [0, 0.1) is 0 Å². The van der Waals surface area contributed by atoms with Crippen molar-refractivity contribution in [3.05, 3.63) is 52.5 Å². The Bertz CT molecular complexity index is 821. The van der Waals surface area contributed by atoms with Crippen LogP contribution in [0.5, 0.6) is 11.5 Å². The summed E-state index contributed by atoms with van der Waals surface area (Å²) in [4.78, 5) is 24.6. The van der Waals surface area contributed by atoms with Gasteiger partial charge < -0.3 is 19.5 Å². The molecule has 0 spiro atoms. The molecule has 7 heteroatoms. The highest BCUT2D eigenvalue weighted by atomic mass is 35.5. The van der Waals surface area contributed by atoms with Crippen molar-refractivity contribution in [2.45, 2.75) is 6.92 Å². The number of benzene rings is 2. The fraction of sp³-hybridized carbons (Fsp3) is 0.222. The second-order valence-electron chi connectivity index (χ2n) is 5.20. The van der Waals surface area contributed by atoms with Gasteiger partial charge in [0.1, 0.15) is 13.2 Å². The Morgan fingerprint density at radius 1 is 1.12 bits per heavy atom. The van der Waals surface area contributed by atoms with E-state index >= 15 is 0 Å². The molecule has 1 N–H and O–H groups in total. The Hall–Kier alpha value is -2.73. The lowest BCUT2D eigenvalue weighted by Crippen LogP contribution is -2.19. The van der Waals surface area contributed by atoms with E-state index in [0.29, 0.717) is 30.4 Å². The molecule has 0 saturated heterocycles. The molecule has 1 aliphatic heterocycles. The first kappa shape index (κ1) is 17.1. The topological polar surface area (TPSA) is 73.9 Å². The quantitative estimate of drug-likeness (QED) is 0.843. The first-order valence-corrected chi connectivity index (χ1v) is 8.14. The van der Waals surface area contributed by atoms with Gasteiger partial charge in [-0.3, -0.25) is 4.79 Å². The van der Waals surface area contributed by atoms with Crippen LogP contribution in [0.15, 0.2) is 36.4 Å². The van der Waals surface area contributed by atoms with Gasteiger partial charge in [0.2, 0.25) is 0 Å². The van der Waals surface area contributed by atoms with E-state index in [4.69, 9.17) is 25.8 Å². The maximum Gasteiger partial charge on any atom is 0.340 e. The molecule has 0 bridgehead atoms. The van der Waals surface area contributed by atoms with E-state index in [2.05, 4.69) is 5.32 Å². The van der Waals surface area contributed by atoms with Crippen molar-refractivity contribution in [3.8, 4) is 11.5 Å². The number of amides is 1. The molecular weight excluding hydrogens is 346 g/mol. The van der Waals surface area contributed by atoms with Crippen molar-refractivity contribution in [3.63, 3.8) is 0 Å². The zero-order chi connectivity index (χ0) is 17.8. The normalized spacial score (nSPS) is 12.4. The van der Waals surface area contributed by atoms with Crippen molar-refractivity contribution < 1.29 is 23.8 Å². The number of ether oxygens (including phenoxy) is 3. The molecule has 1 heterocycles. The maximum atomic E-state index is 12.6. The molecule has 1 amide bonds. The summed E-state index contributed by atoms with van der Waals surface area (Å²) in [5.41, 5.74) is 0.841. The number of carbonyl (C=O) groups is 2. The molecule has 6 nitrogen and oxygen atoms in total. The Kier molecular flexibility index (Phi) is 5.09. The fourth-order valence-electron chi connectivity index (χ4n) is 2.41. The Balaban J connectivity index is 1.87. The summed E-state index contributed by atoms with van der Waals surface area (Å²) < 4.78 is 15.9. The predicted molar refractivity (Wildman–Crippen MR) is 92.8 cm³/mol. The number of halogens is 1. The number of hydrogen-bond donors (Lipinski definition) is 1. The summed E-state index contributed by atoms with van der Waals surface area (Å²) in [6, 6.07) is 9.68. The lowest BCUT2D eigenvalue weighted by Gasteiger charge is -2.19. The summed E-state index contributed by atoms with van der Waals surface area (Å²) in [6.45, 7) is 2.80. The van der Waals surface area contributed by atoms with Crippen LogP contribution in [0.4, 0.5) is 5.69 Å². The molecule has 3 rings (SSSR count). The van der Waals surface area contributed by atoms with E-state index < -0.39 is 11.9 Å². The average Bonchev–Trinajstić information content (AvgIpc) is 2.61. The van der Waals surface area contributed by atoms with E-state index in [-0.39, 0.29) is 22.8 Å². The zero-order valence-electron chi connectivity index (χ0n) is 13.5. The minimum Gasteiger partial charge on any atom is -0.486 e. The van der Waals surface area contributed by atoms with Gasteiger partial charge in [-0.05, 0) is 25.1 Å². The number of nitrogens with one attached hydrogen (secondary N) is 1. The lowest BCUT2D eigenvalue weighted by molar-refractivity contribution is 0.0527. The second-order valence-corrected chi connectivity index (χ2v) is 5.60. The molecule has 1 aliphatic rings. The summed E-state index contributed by atoms with van der Waals surface area (Å²) in [5.74, 6) is -0.00963. The largest absolute Gasteiger partial charge is 0.486 e. The maximum absolute atomic E-state index is 12.6. The van der Waals surface area contributed by atoms with Gasteiger partial charge in [0.15, 0.2) is 11.5 Å².